The van der Waals surface area contributed by atoms with Gasteiger partial charge in [0.15, 0.2) is 6.29 Å². The Labute approximate surface area is 149 Å². The second kappa shape index (κ2) is 6.48. The minimum Gasteiger partial charge on any atom is -0.478 e. The third-order valence-corrected chi connectivity index (χ3v) is 6.10. The monoisotopic (exact) mass is 353 g/mol. The number of carboxylic acid groups (broad SMARTS) is 1. The smallest absolute Gasteiger partial charge is 0.335 e. The van der Waals surface area contributed by atoms with Crippen LogP contribution < -0.4 is 0 Å². The molecule has 3 aromatic rings. The Balaban J connectivity index is 1.95. The van der Waals surface area contributed by atoms with E-state index in [1.807, 2.05) is 17.5 Å². The van der Waals surface area contributed by atoms with Crippen LogP contribution in [0.3, 0.4) is 0 Å². The fourth-order valence-electron chi connectivity index (χ4n) is 3.96. The molecule has 1 aliphatic rings. The molecule has 0 saturated heterocycles. The van der Waals surface area contributed by atoms with E-state index < -0.39 is 5.97 Å². The number of H-pyrrole nitrogens is 1. The molecule has 0 aliphatic heterocycles. The maximum Gasteiger partial charge on any atom is 0.335 e. The number of fused-ring (bicyclic) bond motifs is 1. The van der Waals surface area contributed by atoms with Gasteiger partial charge in [-0.1, -0.05) is 25.3 Å². The number of aldehydes is 1. The minimum atomic E-state index is -0.929. The van der Waals surface area contributed by atoms with E-state index in [2.05, 4.69) is 4.98 Å². The number of carbonyl (C=O) groups is 2. The third-order valence-electron chi connectivity index (χ3n) is 5.15. The zero-order chi connectivity index (χ0) is 17.4. The van der Waals surface area contributed by atoms with Crippen molar-refractivity contribution in [3.05, 3.63) is 46.3 Å². The molecule has 0 unspecified atom stereocenters. The van der Waals surface area contributed by atoms with Crippen LogP contribution in [0.5, 0.6) is 0 Å². The largest absolute Gasteiger partial charge is 0.478 e. The molecule has 0 spiro atoms. The van der Waals surface area contributed by atoms with Crippen LogP contribution in [0.15, 0.2) is 29.6 Å². The Hall–Kier alpha value is -2.40. The second-order valence-corrected chi connectivity index (χ2v) is 7.55. The fraction of sp³-hybridized carbons (Fsp3) is 0.300. The zero-order valence-corrected chi connectivity index (χ0v) is 14.6. The summed E-state index contributed by atoms with van der Waals surface area (Å²) in [4.78, 5) is 27.1. The van der Waals surface area contributed by atoms with Crippen molar-refractivity contribution < 1.29 is 14.7 Å². The summed E-state index contributed by atoms with van der Waals surface area (Å²) in [6.45, 7) is 0. The summed E-state index contributed by atoms with van der Waals surface area (Å²) in [6, 6.07) is 7.12. The summed E-state index contributed by atoms with van der Waals surface area (Å²) in [5.41, 5.74) is 4.03. The third kappa shape index (κ3) is 2.78. The van der Waals surface area contributed by atoms with E-state index >= 15 is 0 Å². The van der Waals surface area contributed by atoms with E-state index in [0.717, 1.165) is 40.6 Å². The number of hydrogen-bond donors (Lipinski definition) is 2. The van der Waals surface area contributed by atoms with Crippen LogP contribution in [0.4, 0.5) is 0 Å². The Morgan fingerprint density at radius 1 is 1.20 bits per heavy atom. The molecule has 0 bridgehead atoms. The number of hydrogen-bond acceptors (Lipinski definition) is 3. The molecule has 2 aromatic heterocycles. The zero-order valence-electron chi connectivity index (χ0n) is 13.7. The maximum absolute atomic E-state index is 11.4. The van der Waals surface area contributed by atoms with Gasteiger partial charge in [0.25, 0.3) is 0 Å². The molecule has 1 aromatic carbocycles. The molecule has 5 heteroatoms. The molecule has 1 saturated carbocycles. The van der Waals surface area contributed by atoms with Crippen LogP contribution in [0.25, 0.3) is 21.5 Å². The lowest BCUT2D eigenvalue weighted by Gasteiger charge is -2.22. The molecule has 0 atom stereocenters. The normalized spacial score (nSPS) is 15.5. The number of aromatic amines is 1. The summed E-state index contributed by atoms with van der Waals surface area (Å²) in [7, 11) is 0. The Bertz CT molecular complexity index is 947. The van der Waals surface area contributed by atoms with E-state index in [0.29, 0.717) is 11.5 Å². The average molecular weight is 353 g/mol. The Kier molecular flexibility index (Phi) is 4.17. The fourth-order valence-corrected chi connectivity index (χ4v) is 4.84. The van der Waals surface area contributed by atoms with Crippen molar-refractivity contribution in [2.45, 2.75) is 38.0 Å². The first-order chi connectivity index (χ1) is 12.2. The molecule has 0 amide bonds. The van der Waals surface area contributed by atoms with Gasteiger partial charge < -0.3 is 10.1 Å². The number of carboxylic acids is 1. The van der Waals surface area contributed by atoms with E-state index in [-0.39, 0.29) is 5.56 Å². The van der Waals surface area contributed by atoms with Crippen LogP contribution in [-0.2, 0) is 0 Å². The molecule has 4 rings (SSSR count). The minimum absolute atomic E-state index is 0.275. The van der Waals surface area contributed by atoms with Crippen molar-refractivity contribution in [1.82, 2.24) is 4.98 Å². The van der Waals surface area contributed by atoms with Crippen molar-refractivity contribution in [3.8, 4) is 10.6 Å². The quantitative estimate of drug-likeness (QED) is 0.612. The topological polar surface area (TPSA) is 70.2 Å². The molecule has 128 valence electrons. The molecule has 1 fully saturated rings. The predicted molar refractivity (Wildman–Crippen MR) is 99.8 cm³/mol. The van der Waals surface area contributed by atoms with Gasteiger partial charge >= 0.3 is 5.97 Å². The van der Waals surface area contributed by atoms with Crippen molar-refractivity contribution in [3.63, 3.8) is 0 Å². The van der Waals surface area contributed by atoms with E-state index in [4.69, 9.17) is 0 Å². The molecular weight excluding hydrogens is 334 g/mol. The van der Waals surface area contributed by atoms with Crippen molar-refractivity contribution >= 4 is 34.5 Å². The van der Waals surface area contributed by atoms with Gasteiger partial charge in [0.1, 0.15) is 0 Å². The predicted octanol–water partition coefficient (Wildman–Crippen LogP) is 5.45. The van der Waals surface area contributed by atoms with Gasteiger partial charge in [-0.15, -0.1) is 11.3 Å². The van der Waals surface area contributed by atoms with Crippen molar-refractivity contribution in [2.75, 3.05) is 0 Å². The number of nitrogens with one attached hydrogen (secondary N) is 1. The van der Waals surface area contributed by atoms with Gasteiger partial charge in [-0.05, 0) is 47.9 Å². The van der Waals surface area contributed by atoms with Gasteiger partial charge in [0.05, 0.1) is 16.1 Å². The van der Waals surface area contributed by atoms with Crippen molar-refractivity contribution in [1.29, 1.82) is 0 Å². The Morgan fingerprint density at radius 3 is 2.72 bits per heavy atom. The number of aromatic nitrogens is 1. The first-order valence-corrected chi connectivity index (χ1v) is 9.49. The standard InChI is InChI=1S/C20H19NO3S/c22-11-14-8-9-25-19(14)18-17(12-4-2-1-3-5-12)15-7-6-13(20(23)24)10-16(15)21-18/h6-12,21H,1-5H2,(H,23,24). The molecular formula is C20H19NO3S. The highest BCUT2D eigenvalue weighted by molar-refractivity contribution is 7.14. The first-order valence-electron chi connectivity index (χ1n) is 8.61. The SMILES string of the molecule is O=Cc1ccsc1-c1[nH]c2cc(C(=O)O)ccc2c1C1CCCCC1. The van der Waals surface area contributed by atoms with E-state index in [9.17, 15) is 14.7 Å². The number of benzene rings is 1. The highest BCUT2D eigenvalue weighted by atomic mass is 32.1. The van der Waals surface area contributed by atoms with Crippen LogP contribution in [0.1, 0.15) is 64.3 Å². The van der Waals surface area contributed by atoms with Crippen LogP contribution in [0.2, 0.25) is 0 Å². The van der Waals surface area contributed by atoms with Crippen LogP contribution >= 0.6 is 11.3 Å². The average Bonchev–Trinajstić information content (AvgIpc) is 3.25. The maximum atomic E-state index is 11.4. The van der Waals surface area contributed by atoms with Gasteiger partial charge in [0, 0.05) is 16.5 Å². The Morgan fingerprint density at radius 2 is 2.00 bits per heavy atom. The summed E-state index contributed by atoms with van der Waals surface area (Å²) in [5, 5.41) is 12.3. The van der Waals surface area contributed by atoms with Crippen molar-refractivity contribution in [2.24, 2.45) is 0 Å². The summed E-state index contributed by atoms with van der Waals surface area (Å²) in [6.07, 6.45) is 6.88. The van der Waals surface area contributed by atoms with Gasteiger partial charge in [-0.25, -0.2) is 4.79 Å². The molecule has 4 nitrogen and oxygen atoms in total. The molecule has 0 radical (unpaired) electrons. The summed E-state index contributed by atoms with van der Waals surface area (Å²) in [5.74, 6) is -0.475. The van der Waals surface area contributed by atoms with Gasteiger partial charge in [-0.2, -0.15) is 0 Å². The summed E-state index contributed by atoms with van der Waals surface area (Å²) >= 11 is 1.55. The highest BCUT2D eigenvalue weighted by Crippen LogP contribution is 2.44. The second-order valence-electron chi connectivity index (χ2n) is 6.64. The van der Waals surface area contributed by atoms with Crippen LogP contribution in [-0.4, -0.2) is 22.3 Å². The van der Waals surface area contributed by atoms with Gasteiger partial charge in [-0.3, -0.25) is 4.79 Å². The molecule has 2 heterocycles. The number of thiophene rings is 1. The summed E-state index contributed by atoms with van der Waals surface area (Å²) < 4.78 is 0. The molecule has 2 N–H and O–H groups in total. The lowest BCUT2D eigenvalue weighted by molar-refractivity contribution is 0.0697. The van der Waals surface area contributed by atoms with E-state index in [1.54, 1.807) is 23.5 Å². The first kappa shape index (κ1) is 16.1. The lowest BCUT2D eigenvalue weighted by Crippen LogP contribution is -2.05. The number of aromatic carboxylic acids is 1. The molecule has 25 heavy (non-hydrogen) atoms. The number of carbonyl (C=O) groups excluding carboxylic acids is 1. The number of rotatable bonds is 4. The van der Waals surface area contributed by atoms with E-state index in [1.165, 1.54) is 24.8 Å². The lowest BCUT2D eigenvalue weighted by atomic mass is 9.82. The van der Waals surface area contributed by atoms with Gasteiger partial charge in [0.2, 0.25) is 0 Å². The highest BCUT2D eigenvalue weighted by Gasteiger charge is 2.25. The molecule has 1 aliphatic carbocycles. The van der Waals surface area contributed by atoms with Crippen LogP contribution in [0, 0.1) is 0 Å².